The normalized spacial score (nSPS) is 22.9. The van der Waals surface area contributed by atoms with Crippen molar-refractivity contribution in [3.63, 3.8) is 0 Å². The lowest BCUT2D eigenvalue weighted by atomic mass is 9.77. The predicted molar refractivity (Wildman–Crippen MR) is 128 cm³/mol. The molecule has 0 fully saturated rings. The van der Waals surface area contributed by atoms with Crippen LogP contribution < -0.4 is 0 Å². The van der Waals surface area contributed by atoms with Gasteiger partial charge in [-0.05, 0) is 10.9 Å². The minimum atomic E-state index is -6.65. The molecule has 16 heteroatoms. The molecule has 6 nitrogen and oxygen atoms in total. The van der Waals surface area contributed by atoms with Gasteiger partial charge in [0.15, 0.2) is 0 Å². The van der Waals surface area contributed by atoms with Crippen LogP contribution in [0.3, 0.4) is 0 Å². The predicted octanol–water partition coefficient (Wildman–Crippen LogP) is 8.40. The molecule has 0 bridgehead atoms. The number of halogens is 9. The van der Waals surface area contributed by atoms with Crippen LogP contribution in [-0.4, -0.2) is 27.2 Å². The van der Waals surface area contributed by atoms with Crippen LogP contribution in [0.15, 0.2) is 59.1 Å². The minimum Gasteiger partial charge on any atom is -0.258 e. The lowest BCUT2D eigenvalue weighted by Gasteiger charge is -2.44. The second-order valence-electron chi connectivity index (χ2n) is 7.84. The van der Waals surface area contributed by atoms with E-state index in [2.05, 4.69) is 31.9 Å². The Morgan fingerprint density at radius 2 is 1.30 bits per heavy atom. The number of allylic oxidation sites excluding steroid dienone is 1. The molecule has 1 radical (unpaired) electrons. The van der Waals surface area contributed by atoms with Crippen molar-refractivity contribution in [2.75, 3.05) is 0 Å². The third kappa shape index (κ3) is 5.37. The Kier molecular flexibility index (Phi) is 7.80. The molecule has 0 aromatic heterocycles. The Bertz CT molecular complexity index is 1280. The number of rotatable bonds is 7. The lowest BCUT2D eigenvalue weighted by Crippen LogP contribution is -2.52. The summed E-state index contributed by atoms with van der Waals surface area (Å²) in [6.45, 7) is 0. The van der Waals surface area contributed by atoms with Gasteiger partial charge in [0.2, 0.25) is 0 Å². The third-order valence-corrected chi connectivity index (χ3v) is 8.15. The molecule has 2 unspecified atom stereocenters. The van der Waals surface area contributed by atoms with Crippen molar-refractivity contribution >= 4 is 55.0 Å². The van der Waals surface area contributed by atoms with Gasteiger partial charge < -0.3 is 0 Å². The van der Waals surface area contributed by atoms with Crippen LogP contribution >= 0.6 is 43.6 Å². The highest BCUT2D eigenvalue weighted by Crippen LogP contribution is 2.65. The first-order chi connectivity index (χ1) is 16.9. The van der Waals surface area contributed by atoms with Crippen LogP contribution in [0, 0.1) is 26.6 Å². The standard InChI is InChI=1S/C21H12Br2F7N2O4S/c22-12-9-17(23,13-5-1-3-7-15(13)31(33)34)11-18(10-12,14-6-2-4-8-16(14)32(35)36)37-21(29,30)19(24,25)20(26,27)28/h1-10H,11H2. The van der Waals surface area contributed by atoms with Gasteiger partial charge in [-0.15, -0.1) is 0 Å². The quantitative estimate of drug-likeness (QED) is 0.127. The van der Waals surface area contributed by atoms with Crippen molar-refractivity contribution in [3.05, 3.63) is 96.9 Å². The van der Waals surface area contributed by atoms with E-state index >= 15 is 0 Å². The van der Waals surface area contributed by atoms with Crippen LogP contribution in [0.4, 0.5) is 42.1 Å². The van der Waals surface area contributed by atoms with Gasteiger partial charge in [-0.25, -0.2) is 0 Å². The van der Waals surface area contributed by atoms with E-state index in [4.69, 9.17) is 0 Å². The molecule has 1 aliphatic carbocycles. The summed E-state index contributed by atoms with van der Waals surface area (Å²) in [5.41, 5.74) is -2.13. The zero-order valence-corrected chi connectivity index (χ0v) is 21.8. The van der Waals surface area contributed by atoms with Crippen LogP contribution in [0.25, 0.3) is 0 Å². The van der Waals surface area contributed by atoms with E-state index in [1.807, 2.05) is 0 Å². The maximum Gasteiger partial charge on any atom is 0.460 e. The fraction of sp³-hybridized carbons (Fsp3) is 0.286. The Morgan fingerprint density at radius 3 is 1.78 bits per heavy atom. The average molecular weight is 681 g/mol. The highest BCUT2D eigenvalue weighted by molar-refractivity contribution is 9.12. The van der Waals surface area contributed by atoms with Crippen molar-refractivity contribution < 1.29 is 40.6 Å². The first kappa shape index (κ1) is 29.4. The molecule has 1 aliphatic rings. The number of hydrogen-bond donors (Lipinski definition) is 0. The Morgan fingerprint density at radius 1 is 0.838 bits per heavy atom. The highest BCUT2D eigenvalue weighted by atomic mass is 79.9. The monoisotopic (exact) mass is 679 g/mol. The number of hydrogen-bond acceptors (Lipinski definition) is 5. The number of nitro benzene ring substituents is 2. The van der Waals surface area contributed by atoms with E-state index in [9.17, 15) is 51.0 Å². The Balaban J connectivity index is 2.34. The minimum absolute atomic E-state index is 0.148. The Labute approximate surface area is 224 Å². The van der Waals surface area contributed by atoms with Gasteiger partial charge in [0.1, 0.15) is 0 Å². The second-order valence-corrected chi connectivity index (χ2v) is 11.6. The molecule has 2 atom stereocenters. The zero-order chi connectivity index (χ0) is 28.0. The first-order valence-electron chi connectivity index (χ1n) is 9.80. The molecule has 0 aliphatic heterocycles. The van der Waals surface area contributed by atoms with E-state index in [0.717, 1.165) is 36.4 Å². The molecular weight excluding hydrogens is 669 g/mol. The van der Waals surface area contributed by atoms with Gasteiger partial charge in [-0.1, -0.05) is 86.1 Å². The van der Waals surface area contributed by atoms with Crippen molar-refractivity contribution in [2.45, 2.75) is 32.8 Å². The fourth-order valence-electron chi connectivity index (χ4n) is 3.87. The van der Waals surface area contributed by atoms with Crippen LogP contribution in [0.2, 0.25) is 0 Å². The molecule has 0 spiro atoms. The molecule has 0 saturated heterocycles. The summed E-state index contributed by atoms with van der Waals surface area (Å²) in [6, 6.07) is 9.09. The maximum atomic E-state index is 14.9. The van der Waals surface area contributed by atoms with Crippen molar-refractivity contribution in [1.29, 1.82) is 0 Å². The molecule has 0 saturated carbocycles. The smallest absolute Gasteiger partial charge is 0.258 e. The van der Waals surface area contributed by atoms with Crippen molar-refractivity contribution in [2.24, 2.45) is 0 Å². The summed E-state index contributed by atoms with van der Waals surface area (Å²) < 4.78 is 92.2. The number of alkyl halides is 8. The molecule has 199 valence electrons. The third-order valence-electron chi connectivity index (χ3n) is 5.39. The Hall–Kier alpha value is -2.20. The summed E-state index contributed by atoms with van der Waals surface area (Å²) in [5.74, 6) is -6.53. The van der Waals surface area contributed by atoms with Gasteiger partial charge >= 0.3 is 17.4 Å². The van der Waals surface area contributed by atoms with Crippen molar-refractivity contribution in [1.82, 2.24) is 0 Å². The van der Waals surface area contributed by atoms with Gasteiger partial charge in [0, 0.05) is 29.7 Å². The zero-order valence-electron chi connectivity index (χ0n) is 17.8. The number of para-hydroxylation sites is 2. The summed E-state index contributed by atoms with van der Waals surface area (Å²) in [4.78, 5) is 21.6. The fourth-order valence-corrected chi connectivity index (χ4v) is 7.79. The van der Waals surface area contributed by atoms with E-state index in [1.54, 1.807) is 0 Å². The van der Waals surface area contributed by atoms with Gasteiger partial charge in [0.25, 0.3) is 11.4 Å². The van der Waals surface area contributed by atoms with E-state index in [0.29, 0.717) is 0 Å². The van der Waals surface area contributed by atoms with Gasteiger partial charge in [-0.3, -0.25) is 20.2 Å². The van der Waals surface area contributed by atoms with Crippen LogP contribution in [-0.2, 0) is 9.07 Å². The topological polar surface area (TPSA) is 86.3 Å². The second kappa shape index (κ2) is 9.84. The van der Waals surface area contributed by atoms with Crippen LogP contribution in [0.5, 0.6) is 0 Å². The average Bonchev–Trinajstić information content (AvgIpc) is 2.77. The maximum absolute atomic E-state index is 14.9. The molecule has 0 heterocycles. The molecular formula is C21H12Br2F7N2O4S. The number of nitro groups is 2. The molecule has 37 heavy (non-hydrogen) atoms. The first-order valence-corrected chi connectivity index (χ1v) is 12.2. The summed E-state index contributed by atoms with van der Waals surface area (Å²) >= 11 is 5.12. The number of thioether (sulfide) groups is 1. The summed E-state index contributed by atoms with van der Waals surface area (Å²) in [5, 5.41) is 17.5. The lowest BCUT2D eigenvalue weighted by molar-refractivity contribution is -0.385. The van der Waals surface area contributed by atoms with E-state index < -0.39 is 71.4 Å². The van der Waals surface area contributed by atoms with Crippen LogP contribution in [0.1, 0.15) is 17.5 Å². The molecule has 2 aromatic rings. The number of nitrogens with zero attached hydrogens (tertiary/aromatic N) is 2. The van der Waals surface area contributed by atoms with E-state index in [1.165, 1.54) is 24.6 Å². The van der Waals surface area contributed by atoms with E-state index in [-0.39, 0.29) is 10.0 Å². The highest BCUT2D eigenvalue weighted by Gasteiger charge is 2.75. The summed E-state index contributed by atoms with van der Waals surface area (Å²) in [6.07, 6.45) is -5.41. The largest absolute Gasteiger partial charge is 0.460 e. The molecule has 0 amide bonds. The SMILES string of the molecule is O=[N+]([O-])c1ccccc1C1(Br)[CH]C(Br)=CC(SC(F)(F)C(F)(F)C(F)(F)F)(c2ccccc2[N+](=O)[O-])C1. The van der Waals surface area contributed by atoms with Crippen molar-refractivity contribution in [3.8, 4) is 0 Å². The van der Waals surface area contributed by atoms with Gasteiger partial charge in [0.05, 0.1) is 18.9 Å². The van der Waals surface area contributed by atoms with Gasteiger partial charge in [-0.2, -0.15) is 30.7 Å². The molecule has 0 N–H and O–H groups in total. The molecule has 3 rings (SSSR count). The summed E-state index contributed by atoms with van der Waals surface area (Å²) in [7, 11) is 0. The number of benzene rings is 2. The molecule has 2 aromatic carbocycles.